The zero-order chi connectivity index (χ0) is 15.4. The quantitative estimate of drug-likeness (QED) is 0.560. The first-order valence-electron chi connectivity index (χ1n) is 6.85. The maximum absolute atomic E-state index is 11.1. The van der Waals surface area contributed by atoms with Gasteiger partial charge in [0.05, 0.1) is 16.9 Å². The lowest BCUT2D eigenvalue weighted by molar-refractivity contribution is 0.0698. The number of aromatic nitrogens is 2. The highest BCUT2D eigenvalue weighted by molar-refractivity contribution is 5.95. The van der Waals surface area contributed by atoms with Crippen LogP contribution in [0.5, 0.6) is 0 Å². The van der Waals surface area contributed by atoms with Crippen LogP contribution in [0, 0.1) is 13.8 Å². The molecule has 4 N–H and O–H groups in total. The number of carbonyl (C=O) groups is 1. The predicted molar refractivity (Wildman–Crippen MR) is 82.6 cm³/mol. The summed E-state index contributed by atoms with van der Waals surface area (Å²) >= 11 is 0. The van der Waals surface area contributed by atoms with E-state index in [1.54, 1.807) is 12.1 Å². The molecule has 0 saturated heterocycles. The second-order valence-corrected chi connectivity index (χ2v) is 5.04. The summed E-state index contributed by atoms with van der Waals surface area (Å²) in [7, 11) is 0. The van der Waals surface area contributed by atoms with E-state index in [2.05, 4.69) is 10.4 Å². The number of benzene rings is 1. The van der Waals surface area contributed by atoms with E-state index in [-0.39, 0.29) is 5.56 Å². The summed E-state index contributed by atoms with van der Waals surface area (Å²) in [6, 6.07) is 6.78. The van der Waals surface area contributed by atoms with Crippen LogP contribution in [0.15, 0.2) is 24.3 Å². The number of nitrogens with two attached hydrogens (primary N) is 1. The zero-order valence-corrected chi connectivity index (χ0v) is 12.3. The highest BCUT2D eigenvalue weighted by Crippen LogP contribution is 2.19. The fraction of sp³-hybridized carbons (Fsp3) is 0.333. The van der Waals surface area contributed by atoms with Crippen molar-refractivity contribution in [3.05, 3.63) is 41.2 Å². The molecule has 1 aromatic heterocycles. The Balaban J connectivity index is 1.93. The van der Waals surface area contributed by atoms with E-state index in [0.717, 1.165) is 24.4 Å². The first kappa shape index (κ1) is 14.9. The molecule has 0 radical (unpaired) electrons. The van der Waals surface area contributed by atoms with E-state index in [4.69, 9.17) is 10.8 Å². The first-order chi connectivity index (χ1) is 9.97. The molecule has 21 heavy (non-hydrogen) atoms. The third kappa shape index (κ3) is 3.75. The Morgan fingerprint density at radius 3 is 2.76 bits per heavy atom. The molecular weight excluding hydrogens is 268 g/mol. The van der Waals surface area contributed by atoms with Crippen LogP contribution in [-0.4, -0.2) is 27.4 Å². The normalized spacial score (nSPS) is 10.6. The molecule has 0 atom stereocenters. The van der Waals surface area contributed by atoms with Crippen LogP contribution in [0.2, 0.25) is 0 Å². The second-order valence-electron chi connectivity index (χ2n) is 5.04. The van der Waals surface area contributed by atoms with Gasteiger partial charge in [-0.15, -0.1) is 0 Å². The van der Waals surface area contributed by atoms with Gasteiger partial charge >= 0.3 is 5.97 Å². The Labute approximate surface area is 123 Å². The molecule has 0 aliphatic heterocycles. The minimum Gasteiger partial charge on any atom is -0.478 e. The van der Waals surface area contributed by atoms with Gasteiger partial charge in [-0.3, -0.25) is 4.68 Å². The fourth-order valence-electron chi connectivity index (χ4n) is 2.25. The molecule has 6 nitrogen and oxygen atoms in total. The molecule has 0 bridgehead atoms. The number of nitrogens with one attached hydrogen (secondary N) is 1. The molecule has 1 heterocycles. The standard InChI is InChI=1S/C15H20N4O2/c1-10-8-11(2)19(18-10)7-3-6-17-14-9-12(16)4-5-13(14)15(20)21/h4-5,8-9,17H,3,6-7,16H2,1-2H3,(H,20,21). The van der Waals surface area contributed by atoms with Crippen molar-refractivity contribution in [1.82, 2.24) is 9.78 Å². The topological polar surface area (TPSA) is 93.2 Å². The fourth-order valence-corrected chi connectivity index (χ4v) is 2.25. The van der Waals surface area contributed by atoms with Crippen LogP contribution in [-0.2, 0) is 6.54 Å². The summed E-state index contributed by atoms with van der Waals surface area (Å²) in [6.07, 6.45) is 0.843. The van der Waals surface area contributed by atoms with Gasteiger partial charge in [-0.25, -0.2) is 4.79 Å². The Bertz CT molecular complexity index is 649. The van der Waals surface area contributed by atoms with Crippen molar-refractivity contribution >= 4 is 17.3 Å². The van der Waals surface area contributed by atoms with Gasteiger partial charge in [0.25, 0.3) is 0 Å². The molecule has 6 heteroatoms. The molecule has 2 aromatic rings. The van der Waals surface area contributed by atoms with Gasteiger partial charge in [0.1, 0.15) is 0 Å². The van der Waals surface area contributed by atoms with Gasteiger partial charge in [0.2, 0.25) is 0 Å². The van der Waals surface area contributed by atoms with Crippen molar-refractivity contribution in [3.63, 3.8) is 0 Å². The summed E-state index contributed by atoms with van der Waals surface area (Å²) in [5.41, 5.74) is 9.16. The summed E-state index contributed by atoms with van der Waals surface area (Å²) in [4.78, 5) is 11.1. The van der Waals surface area contributed by atoms with Crippen molar-refractivity contribution < 1.29 is 9.90 Å². The Morgan fingerprint density at radius 1 is 1.38 bits per heavy atom. The number of nitrogens with zero attached hydrogens (tertiary/aromatic N) is 2. The van der Waals surface area contributed by atoms with Crippen LogP contribution >= 0.6 is 0 Å². The number of carboxylic acids is 1. The van der Waals surface area contributed by atoms with E-state index in [0.29, 0.717) is 17.9 Å². The third-order valence-electron chi connectivity index (χ3n) is 3.24. The van der Waals surface area contributed by atoms with Crippen LogP contribution in [0.3, 0.4) is 0 Å². The lowest BCUT2D eigenvalue weighted by atomic mass is 10.1. The zero-order valence-electron chi connectivity index (χ0n) is 12.3. The second kappa shape index (κ2) is 6.30. The van der Waals surface area contributed by atoms with Crippen LogP contribution in [0.4, 0.5) is 11.4 Å². The maximum Gasteiger partial charge on any atom is 0.337 e. The molecule has 0 aliphatic carbocycles. The van der Waals surface area contributed by atoms with Gasteiger partial charge in [-0.1, -0.05) is 0 Å². The smallest absolute Gasteiger partial charge is 0.337 e. The number of rotatable bonds is 6. The first-order valence-corrected chi connectivity index (χ1v) is 6.85. The number of anilines is 2. The molecule has 0 saturated carbocycles. The Morgan fingerprint density at radius 2 is 2.14 bits per heavy atom. The van der Waals surface area contributed by atoms with Crippen LogP contribution in [0.1, 0.15) is 28.2 Å². The Hall–Kier alpha value is -2.50. The largest absolute Gasteiger partial charge is 0.478 e. The molecule has 0 fully saturated rings. The van der Waals surface area contributed by atoms with E-state index in [9.17, 15) is 4.79 Å². The van der Waals surface area contributed by atoms with Gasteiger partial charge in [-0.05, 0) is 44.5 Å². The van der Waals surface area contributed by atoms with Crippen molar-refractivity contribution in [2.24, 2.45) is 0 Å². The number of carboxylic acid groups (broad SMARTS) is 1. The number of hydrogen-bond donors (Lipinski definition) is 3. The maximum atomic E-state index is 11.1. The van der Waals surface area contributed by atoms with E-state index in [1.165, 1.54) is 6.07 Å². The molecule has 2 rings (SSSR count). The van der Waals surface area contributed by atoms with E-state index < -0.39 is 5.97 Å². The molecular formula is C15H20N4O2. The molecule has 0 spiro atoms. The highest BCUT2D eigenvalue weighted by Gasteiger charge is 2.09. The van der Waals surface area contributed by atoms with Crippen LogP contribution < -0.4 is 11.1 Å². The monoisotopic (exact) mass is 288 g/mol. The highest BCUT2D eigenvalue weighted by atomic mass is 16.4. The molecule has 1 aromatic carbocycles. The van der Waals surface area contributed by atoms with Gasteiger partial charge in [0, 0.05) is 24.5 Å². The van der Waals surface area contributed by atoms with Crippen molar-refractivity contribution in [3.8, 4) is 0 Å². The van der Waals surface area contributed by atoms with E-state index >= 15 is 0 Å². The minimum absolute atomic E-state index is 0.232. The van der Waals surface area contributed by atoms with Crippen molar-refractivity contribution in [2.75, 3.05) is 17.6 Å². The van der Waals surface area contributed by atoms with Gasteiger partial charge in [0.15, 0.2) is 0 Å². The number of nitrogen functional groups attached to an aromatic ring is 1. The van der Waals surface area contributed by atoms with Crippen molar-refractivity contribution in [2.45, 2.75) is 26.8 Å². The van der Waals surface area contributed by atoms with Crippen molar-refractivity contribution in [1.29, 1.82) is 0 Å². The number of aryl methyl sites for hydroxylation is 3. The lowest BCUT2D eigenvalue weighted by Gasteiger charge is -2.11. The average molecular weight is 288 g/mol. The van der Waals surface area contributed by atoms with Crippen LogP contribution in [0.25, 0.3) is 0 Å². The predicted octanol–water partition coefficient (Wildman–Crippen LogP) is 2.28. The third-order valence-corrected chi connectivity index (χ3v) is 3.24. The average Bonchev–Trinajstić information content (AvgIpc) is 2.73. The summed E-state index contributed by atoms with van der Waals surface area (Å²) in [5, 5.41) is 16.7. The minimum atomic E-state index is -0.962. The SMILES string of the molecule is Cc1cc(C)n(CCCNc2cc(N)ccc2C(=O)O)n1. The summed E-state index contributed by atoms with van der Waals surface area (Å²) < 4.78 is 1.95. The molecule has 0 unspecified atom stereocenters. The summed E-state index contributed by atoms with van der Waals surface area (Å²) in [5.74, 6) is -0.962. The summed E-state index contributed by atoms with van der Waals surface area (Å²) in [6.45, 7) is 5.43. The molecule has 0 aliphatic rings. The lowest BCUT2D eigenvalue weighted by Crippen LogP contribution is -2.11. The number of aromatic carboxylic acids is 1. The van der Waals surface area contributed by atoms with E-state index in [1.807, 2.05) is 24.6 Å². The Kier molecular flexibility index (Phi) is 4.47. The molecule has 112 valence electrons. The van der Waals surface area contributed by atoms with Gasteiger partial charge < -0.3 is 16.2 Å². The van der Waals surface area contributed by atoms with Gasteiger partial charge in [-0.2, -0.15) is 5.10 Å². The number of hydrogen-bond acceptors (Lipinski definition) is 4. The molecule has 0 amide bonds.